The summed E-state index contributed by atoms with van der Waals surface area (Å²) >= 11 is 0. The van der Waals surface area contributed by atoms with Gasteiger partial charge in [0.15, 0.2) is 0 Å². The summed E-state index contributed by atoms with van der Waals surface area (Å²) in [7, 11) is 0. The average Bonchev–Trinajstić information content (AvgIpc) is 2.95. The molecule has 0 aliphatic carbocycles. The van der Waals surface area contributed by atoms with Crippen molar-refractivity contribution in [3.63, 3.8) is 0 Å². The standard InChI is InChI=1S/C15H20FN3O3/c1-10(2)22-15(21)19-9-3-4-13(19)14(20)18-17-12-7-5-11(16)6-8-12/h5-8,10,13,17H,3-4,9H2,1-2H3,(H,18,20). The van der Waals surface area contributed by atoms with Crippen molar-refractivity contribution < 1.29 is 18.7 Å². The summed E-state index contributed by atoms with van der Waals surface area (Å²) in [5.41, 5.74) is 5.80. The largest absolute Gasteiger partial charge is 0.447 e. The molecule has 120 valence electrons. The molecular formula is C15H20FN3O3. The summed E-state index contributed by atoms with van der Waals surface area (Å²) in [5.74, 6) is -0.669. The Morgan fingerprint density at radius 1 is 1.32 bits per heavy atom. The number of carbonyl (C=O) groups excluding carboxylic acids is 2. The predicted molar refractivity (Wildman–Crippen MR) is 79.5 cm³/mol. The molecule has 2 rings (SSSR count). The molecule has 1 fully saturated rings. The number of nitrogens with zero attached hydrogens (tertiary/aromatic N) is 1. The fourth-order valence-corrected chi connectivity index (χ4v) is 2.28. The molecule has 0 bridgehead atoms. The normalized spacial score (nSPS) is 17.5. The fourth-order valence-electron chi connectivity index (χ4n) is 2.28. The van der Waals surface area contributed by atoms with E-state index in [-0.39, 0.29) is 17.8 Å². The highest BCUT2D eigenvalue weighted by atomic mass is 19.1. The molecule has 1 saturated heterocycles. The number of nitrogens with one attached hydrogen (secondary N) is 2. The molecule has 1 atom stereocenters. The summed E-state index contributed by atoms with van der Waals surface area (Å²) in [4.78, 5) is 25.6. The Bertz CT molecular complexity index is 533. The van der Waals surface area contributed by atoms with E-state index in [1.54, 1.807) is 13.8 Å². The van der Waals surface area contributed by atoms with Crippen LogP contribution in [0.1, 0.15) is 26.7 Å². The van der Waals surface area contributed by atoms with Gasteiger partial charge in [-0.25, -0.2) is 9.18 Å². The van der Waals surface area contributed by atoms with E-state index in [1.807, 2.05) is 0 Å². The zero-order valence-corrected chi connectivity index (χ0v) is 12.6. The molecule has 1 heterocycles. The number of amides is 2. The Hall–Kier alpha value is -2.31. The lowest BCUT2D eigenvalue weighted by Gasteiger charge is -2.24. The number of halogens is 1. The molecule has 2 amide bonds. The van der Waals surface area contributed by atoms with Gasteiger partial charge in [-0.3, -0.25) is 20.5 Å². The zero-order valence-electron chi connectivity index (χ0n) is 12.6. The van der Waals surface area contributed by atoms with E-state index in [2.05, 4.69) is 10.9 Å². The average molecular weight is 309 g/mol. The van der Waals surface area contributed by atoms with Gasteiger partial charge in [0.05, 0.1) is 11.8 Å². The van der Waals surface area contributed by atoms with Gasteiger partial charge in [0, 0.05) is 6.54 Å². The summed E-state index contributed by atoms with van der Waals surface area (Å²) in [6.07, 6.45) is 0.634. The van der Waals surface area contributed by atoms with Crippen molar-refractivity contribution in [1.29, 1.82) is 0 Å². The number of hydrazine groups is 1. The highest BCUT2D eigenvalue weighted by Gasteiger charge is 2.35. The molecule has 1 aliphatic heterocycles. The van der Waals surface area contributed by atoms with Gasteiger partial charge in [0.1, 0.15) is 11.9 Å². The number of benzene rings is 1. The minimum absolute atomic E-state index is 0.228. The Morgan fingerprint density at radius 3 is 2.64 bits per heavy atom. The van der Waals surface area contributed by atoms with Crippen molar-refractivity contribution >= 4 is 17.7 Å². The van der Waals surface area contributed by atoms with Crippen LogP contribution in [0.25, 0.3) is 0 Å². The smallest absolute Gasteiger partial charge is 0.410 e. The first kappa shape index (κ1) is 16.1. The number of hydrogen-bond acceptors (Lipinski definition) is 4. The van der Waals surface area contributed by atoms with Crippen LogP contribution in [-0.2, 0) is 9.53 Å². The molecule has 0 aromatic heterocycles. The first-order chi connectivity index (χ1) is 10.5. The number of likely N-dealkylation sites (tertiary alicyclic amines) is 1. The number of hydrogen-bond donors (Lipinski definition) is 2. The van der Waals surface area contributed by atoms with Gasteiger partial charge >= 0.3 is 6.09 Å². The Kier molecular flexibility index (Phi) is 5.19. The van der Waals surface area contributed by atoms with Gasteiger partial charge in [0.25, 0.3) is 5.91 Å². The molecular weight excluding hydrogens is 289 g/mol. The van der Waals surface area contributed by atoms with Crippen LogP contribution in [0.5, 0.6) is 0 Å². The fraction of sp³-hybridized carbons (Fsp3) is 0.467. The third-order valence-electron chi connectivity index (χ3n) is 3.30. The lowest BCUT2D eigenvalue weighted by Crippen LogP contribution is -2.48. The first-order valence-corrected chi connectivity index (χ1v) is 7.26. The molecule has 0 spiro atoms. The molecule has 22 heavy (non-hydrogen) atoms. The van der Waals surface area contributed by atoms with Crippen LogP contribution in [0, 0.1) is 5.82 Å². The van der Waals surface area contributed by atoms with Crippen LogP contribution in [0.3, 0.4) is 0 Å². The van der Waals surface area contributed by atoms with Crippen molar-refractivity contribution in [2.24, 2.45) is 0 Å². The highest BCUT2D eigenvalue weighted by molar-refractivity contribution is 5.87. The second kappa shape index (κ2) is 7.11. The van der Waals surface area contributed by atoms with E-state index in [0.29, 0.717) is 18.7 Å². The van der Waals surface area contributed by atoms with Crippen LogP contribution in [0.2, 0.25) is 0 Å². The van der Waals surface area contributed by atoms with E-state index in [1.165, 1.54) is 29.2 Å². The molecule has 2 N–H and O–H groups in total. The second-order valence-corrected chi connectivity index (χ2v) is 5.41. The van der Waals surface area contributed by atoms with Gasteiger partial charge < -0.3 is 4.74 Å². The second-order valence-electron chi connectivity index (χ2n) is 5.41. The van der Waals surface area contributed by atoms with Gasteiger partial charge in [-0.05, 0) is 51.0 Å². The van der Waals surface area contributed by atoms with E-state index < -0.39 is 12.1 Å². The van der Waals surface area contributed by atoms with E-state index in [0.717, 1.165) is 6.42 Å². The van der Waals surface area contributed by atoms with Crippen molar-refractivity contribution in [2.75, 3.05) is 12.0 Å². The maximum absolute atomic E-state index is 12.8. The molecule has 1 unspecified atom stereocenters. The Morgan fingerprint density at radius 2 is 2.00 bits per heavy atom. The molecule has 6 nitrogen and oxygen atoms in total. The number of anilines is 1. The van der Waals surface area contributed by atoms with Gasteiger partial charge in [-0.2, -0.15) is 0 Å². The predicted octanol–water partition coefficient (Wildman–Crippen LogP) is 2.28. The van der Waals surface area contributed by atoms with Crippen LogP contribution in [-0.4, -0.2) is 35.6 Å². The minimum Gasteiger partial charge on any atom is -0.447 e. The summed E-state index contributed by atoms with van der Waals surface area (Å²) < 4.78 is 17.9. The molecule has 0 saturated carbocycles. The molecule has 0 radical (unpaired) electrons. The summed E-state index contributed by atoms with van der Waals surface area (Å²) in [5, 5.41) is 0. The first-order valence-electron chi connectivity index (χ1n) is 7.26. The molecule has 1 aromatic rings. The SMILES string of the molecule is CC(C)OC(=O)N1CCCC1C(=O)NNc1ccc(F)cc1. The van der Waals surface area contributed by atoms with Gasteiger partial charge in [-0.15, -0.1) is 0 Å². The van der Waals surface area contributed by atoms with Crippen molar-refractivity contribution in [2.45, 2.75) is 38.8 Å². The van der Waals surface area contributed by atoms with Crippen molar-refractivity contribution in [1.82, 2.24) is 10.3 Å². The molecule has 1 aliphatic rings. The Labute approximate surface area is 128 Å². The van der Waals surface area contributed by atoms with E-state index >= 15 is 0 Å². The van der Waals surface area contributed by atoms with Crippen molar-refractivity contribution in [3.05, 3.63) is 30.1 Å². The van der Waals surface area contributed by atoms with Crippen LogP contribution >= 0.6 is 0 Å². The highest BCUT2D eigenvalue weighted by Crippen LogP contribution is 2.19. The van der Waals surface area contributed by atoms with Crippen LogP contribution in [0.15, 0.2) is 24.3 Å². The van der Waals surface area contributed by atoms with Crippen LogP contribution < -0.4 is 10.9 Å². The molecule has 7 heteroatoms. The maximum Gasteiger partial charge on any atom is 0.410 e. The Balaban J connectivity index is 1.90. The minimum atomic E-state index is -0.556. The lowest BCUT2D eigenvalue weighted by atomic mass is 10.2. The summed E-state index contributed by atoms with van der Waals surface area (Å²) in [6, 6.07) is 5.04. The topological polar surface area (TPSA) is 70.7 Å². The van der Waals surface area contributed by atoms with Crippen LogP contribution in [0.4, 0.5) is 14.9 Å². The third kappa shape index (κ3) is 4.09. The van der Waals surface area contributed by atoms with Gasteiger partial charge in [0.2, 0.25) is 0 Å². The van der Waals surface area contributed by atoms with Crippen molar-refractivity contribution in [3.8, 4) is 0 Å². The maximum atomic E-state index is 12.8. The lowest BCUT2D eigenvalue weighted by molar-refractivity contribution is -0.124. The number of carbonyl (C=O) groups is 2. The van der Waals surface area contributed by atoms with E-state index in [9.17, 15) is 14.0 Å². The molecule has 1 aromatic carbocycles. The zero-order chi connectivity index (χ0) is 16.1. The number of rotatable bonds is 4. The third-order valence-corrected chi connectivity index (χ3v) is 3.30. The summed E-state index contributed by atoms with van der Waals surface area (Å²) in [6.45, 7) is 4.03. The number of ether oxygens (including phenoxy) is 1. The quantitative estimate of drug-likeness (QED) is 0.837. The monoisotopic (exact) mass is 309 g/mol. The van der Waals surface area contributed by atoms with E-state index in [4.69, 9.17) is 4.74 Å². The van der Waals surface area contributed by atoms with Gasteiger partial charge in [-0.1, -0.05) is 0 Å².